The number of hydrogen-bond acceptors (Lipinski definition) is 0. The summed E-state index contributed by atoms with van der Waals surface area (Å²) in [5.74, 6) is 0. The van der Waals surface area contributed by atoms with Crippen LogP contribution in [0.3, 0.4) is 0 Å². The molecule has 0 unspecified atom stereocenters. The molecule has 0 bridgehead atoms. The first kappa shape index (κ1) is 77.2. The third-order valence-corrected chi connectivity index (χ3v) is 17.3. The molecule has 3 heteroatoms. The molecule has 0 N–H and O–H groups in total. The van der Waals surface area contributed by atoms with E-state index in [2.05, 4.69) is 106 Å². The molecule has 2 aromatic carbocycles. The van der Waals surface area contributed by atoms with Gasteiger partial charge < -0.3 is 19.4 Å². The van der Waals surface area contributed by atoms with Gasteiger partial charge in [-0.3, -0.25) is 0 Å². The summed E-state index contributed by atoms with van der Waals surface area (Å²) in [6, 6.07) is 9.05. The summed E-state index contributed by atoms with van der Waals surface area (Å²) >= 11 is 0. The van der Waals surface area contributed by atoms with E-state index in [0.29, 0.717) is 0 Å². The molecule has 0 amide bonds. The summed E-state index contributed by atoms with van der Waals surface area (Å²) in [7, 11) is 0. The number of rotatable bonds is 50. The molecular weight excluding hydrogens is 1050 g/mol. The standard InChI is InChI=1S/C28H36N2.2C24H49.Pd/c1-7-19-15-23(16-20(8-2)25(19)11-5)27-13-14-28(30(27)29)24-17-21(9-3)26(12-6)22(10-4)18-24;2*1-3-5-7-9-11-13-15-17-19-21-23-24-22-20-18-16-14-12-10-8-6-4-2;/h13-18H,7-12H2,1-6H3;2*1,3-24H2,2H3;/q;2*-1;+2. The normalized spacial score (nSPS) is 12.0. The first-order valence-corrected chi connectivity index (χ1v) is 35.1. The summed E-state index contributed by atoms with van der Waals surface area (Å²) < 4.78 is 1.39. The molecule has 0 saturated heterocycles. The maximum absolute atomic E-state index is 11.2. The second-order valence-electron chi connectivity index (χ2n) is 23.9. The molecule has 458 valence electrons. The van der Waals surface area contributed by atoms with Crippen molar-refractivity contribution in [3.8, 4) is 0 Å². The molecule has 0 atom stereocenters. The molecule has 0 aromatic heterocycles. The zero-order chi connectivity index (χ0) is 56.9. The molecule has 1 heterocycles. The predicted octanol–water partition coefficient (Wildman–Crippen LogP) is 26.3. The number of benzene rings is 2. The van der Waals surface area contributed by atoms with Crippen molar-refractivity contribution in [2.45, 2.75) is 376 Å². The van der Waals surface area contributed by atoms with Gasteiger partial charge in [0, 0.05) is 23.3 Å². The first-order valence-electron chi connectivity index (χ1n) is 35.1. The van der Waals surface area contributed by atoms with Gasteiger partial charge in [0.1, 0.15) is 0 Å². The molecule has 0 fully saturated rings. The van der Waals surface area contributed by atoms with E-state index in [1.54, 1.807) is 0 Å². The second kappa shape index (κ2) is 56.7. The summed E-state index contributed by atoms with van der Waals surface area (Å²) in [5, 5.41) is 0. The van der Waals surface area contributed by atoms with Gasteiger partial charge in [0.15, 0.2) is 0 Å². The van der Waals surface area contributed by atoms with Gasteiger partial charge >= 0.3 is 20.4 Å². The Bertz CT molecular complexity index is 1530. The first-order chi connectivity index (χ1) is 38.3. The van der Waals surface area contributed by atoms with Gasteiger partial charge in [0.05, 0.1) is 0 Å². The van der Waals surface area contributed by atoms with Crippen molar-refractivity contribution in [3.63, 3.8) is 0 Å². The average Bonchev–Trinajstić information content (AvgIpc) is 3.88. The van der Waals surface area contributed by atoms with Crippen LogP contribution in [-0.2, 0) is 58.9 Å². The minimum absolute atomic E-state index is 0. The largest absolute Gasteiger partial charge is 2.00 e. The minimum atomic E-state index is 0. The van der Waals surface area contributed by atoms with Gasteiger partial charge in [-0.15, -0.1) is 0 Å². The van der Waals surface area contributed by atoms with E-state index >= 15 is 0 Å². The molecule has 0 radical (unpaired) electrons. The van der Waals surface area contributed by atoms with Crippen LogP contribution in [0.4, 0.5) is 0 Å². The molecule has 0 saturated carbocycles. The Balaban J connectivity index is 0.00000116. The van der Waals surface area contributed by atoms with E-state index < -0.39 is 0 Å². The Labute approximate surface area is 510 Å². The zero-order valence-electron chi connectivity index (χ0n) is 54.4. The fourth-order valence-electron chi connectivity index (χ4n) is 12.1. The Morgan fingerprint density at radius 1 is 0.278 bits per heavy atom. The second-order valence-corrected chi connectivity index (χ2v) is 23.9. The molecule has 0 spiro atoms. The minimum Gasteiger partial charge on any atom is -0.493 e. The van der Waals surface area contributed by atoms with E-state index in [9.17, 15) is 5.53 Å². The summed E-state index contributed by atoms with van der Waals surface area (Å²) in [6.45, 7) is 25.7. The summed E-state index contributed by atoms with van der Waals surface area (Å²) in [5.41, 5.74) is 23.6. The van der Waals surface area contributed by atoms with Gasteiger partial charge in [-0.05, 0) is 96.2 Å². The fraction of sp³-hybridized carbons (Fsp3) is 0.763. The predicted molar refractivity (Wildman–Crippen MR) is 354 cm³/mol. The quantitative estimate of drug-likeness (QED) is 0.0273. The van der Waals surface area contributed by atoms with E-state index in [4.69, 9.17) is 0 Å². The maximum Gasteiger partial charge on any atom is 2.00 e. The smallest absolute Gasteiger partial charge is 0.493 e. The molecule has 2 aromatic rings. The number of allylic oxidation sites excluding steroid dienone is 2. The van der Waals surface area contributed by atoms with Crippen LogP contribution in [0.25, 0.3) is 16.9 Å². The number of aryl methyl sites for hydroxylation is 4. The Morgan fingerprint density at radius 3 is 0.608 bits per heavy atom. The molecule has 1 aliphatic rings. The van der Waals surface area contributed by atoms with E-state index in [0.717, 1.165) is 73.9 Å². The topological polar surface area (TPSA) is 25.3 Å². The van der Waals surface area contributed by atoms with Crippen LogP contribution in [0.1, 0.15) is 382 Å². The number of unbranched alkanes of at least 4 members (excludes halogenated alkanes) is 42. The zero-order valence-corrected chi connectivity index (χ0v) is 56.0. The average molecular weight is 1180 g/mol. The Morgan fingerprint density at radius 2 is 0.456 bits per heavy atom. The van der Waals surface area contributed by atoms with Crippen molar-refractivity contribution in [2.24, 2.45) is 0 Å². The van der Waals surface area contributed by atoms with Crippen LogP contribution in [0, 0.1) is 13.8 Å². The molecule has 1 aliphatic heterocycles. The Hall–Kier alpha value is -1.82. The molecule has 0 aliphatic carbocycles. The van der Waals surface area contributed by atoms with E-state index in [1.807, 2.05) is 0 Å². The molecule has 2 nitrogen and oxygen atoms in total. The van der Waals surface area contributed by atoms with Crippen molar-refractivity contribution in [3.05, 3.63) is 100 Å². The van der Waals surface area contributed by atoms with Crippen LogP contribution < -0.4 is 0 Å². The Kier molecular flexibility index (Phi) is 55.4. The van der Waals surface area contributed by atoms with Gasteiger partial charge in [0.25, 0.3) is 0 Å². The summed E-state index contributed by atoms with van der Waals surface area (Å²) in [6.07, 6.45) is 73.9. The van der Waals surface area contributed by atoms with Crippen LogP contribution in [0.2, 0.25) is 0 Å². The summed E-state index contributed by atoms with van der Waals surface area (Å²) in [4.78, 5) is 0. The van der Waals surface area contributed by atoms with Crippen LogP contribution in [0.5, 0.6) is 0 Å². The molecule has 79 heavy (non-hydrogen) atoms. The van der Waals surface area contributed by atoms with Gasteiger partial charge in [0.2, 0.25) is 11.4 Å². The SMILES string of the molecule is CCc1cc(C2=CC=C(c3cc(CC)c(CC)c(CC)c3)[N+]2=[N-])cc(CC)c1CC.[CH2-]CCCCCCCCCCCCCCCCCCCCCCC.[CH2-]CCCCCCCCCCCCCCCCCCCCCCC.[Pd+2]. The van der Waals surface area contributed by atoms with Crippen LogP contribution in [-0.4, -0.2) is 4.70 Å². The number of nitrogens with zero attached hydrogens (tertiary/aromatic N) is 2. The van der Waals surface area contributed by atoms with Crippen molar-refractivity contribution < 1.29 is 25.1 Å². The van der Waals surface area contributed by atoms with Crippen LogP contribution in [0.15, 0.2) is 36.4 Å². The van der Waals surface area contributed by atoms with E-state index in [1.165, 1.54) is 308 Å². The van der Waals surface area contributed by atoms with Crippen molar-refractivity contribution >= 4 is 11.4 Å². The van der Waals surface area contributed by atoms with Crippen molar-refractivity contribution in [1.82, 2.24) is 0 Å². The van der Waals surface area contributed by atoms with Crippen molar-refractivity contribution in [2.75, 3.05) is 0 Å². The maximum atomic E-state index is 11.2. The van der Waals surface area contributed by atoms with Gasteiger partial charge in [-0.2, -0.15) is 12.8 Å². The fourth-order valence-corrected chi connectivity index (χ4v) is 12.1. The third-order valence-electron chi connectivity index (χ3n) is 17.3. The monoisotopic (exact) mass is 1180 g/mol. The van der Waals surface area contributed by atoms with E-state index in [-0.39, 0.29) is 20.4 Å². The number of hydrogen-bond donors (Lipinski definition) is 0. The van der Waals surface area contributed by atoms with Gasteiger partial charge in [-0.25, -0.2) is 4.70 Å². The van der Waals surface area contributed by atoms with Crippen LogP contribution >= 0.6 is 0 Å². The molecule has 3 rings (SSSR count). The molecular formula is C76H134N2Pd. The third kappa shape index (κ3) is 37.9. The van der Waals surface area contributed by atoms with Crippen molar-refractivity contribution in [1.29, 1.82) is 0 Å². The van der Waals surface area contributed by atoms with Gasteiger partial charge in [-0.1, -0.05) is 325 Å².